The topological polar surface area (TPSA) is 92.5 Å². The summed E-state index contributed by atoms with van der Waals surface area (Å²) in [5.41, 5.74) is 5.47. The van der Waals surface area contributed by atoms with Crippen LogP contribution in [0.3, 0.4) is 0 Å². The molecule has 0 radical (unpaired) electrons. The maximum Gasteiger partial charge on any atom is 0.251 e. The fourth-order valence-electron chi connectivity index (χ4n) is 1.60. The molecule has 0 aromatic carbocycles. The number of carbonyl (C=O) groups is 3. The lowest BCUT2D eigenvalue weighted by molar-refractivity contribution is -0.149. The molecule has 1 aliphatic rings. The number of imide groups is 1. The van der Waals surface area contributed by atoms with Crippen molar-refractivity contribution in [1.82, 2.24) is 10.2 Å². The van der Waals surface area contributed by atoms with Gasteiger partial charge in [-0.25, -0.2) is 0 Å². The summed E-state index contributed by atoms with van der Waals surface area (Å²) >= 11 is 0. The van der Waals surface area contributed by atoms with E-state index in [1.54, 1.807) is 6.92 Å². The average molecular weight is 227 g/mol. The second-order valence-corrected chi connectivity index (χ2v) is 4.13. The lowest BCUT2D eigenvalue weighted by atomic mass is 10.0. The van der Waals surface area contributed by atoms with Crippen molar-refractivity contribution in [3.8, 4) is 0 Å². The maximum absolute atomic E-state index is 11.6. The standard InChI is InChI=1S/C10H17N3O3/c1-6(11)5-8(14)12-7-3-4-9(15)13(2)10(7)16/h6-7H,3-5,11H2,1-2H3,(H,12,14). The summed E-state index contributed by atoms with van der Waals surface area (Å²) in [6.07, 6.45) is 0.833. The highest BCUT2D eigenvalue weighted by Crippen LogP contribution is 2.11. The predicted molar refractivity (Wildman–Crippen MR) is 57.2 cm³/mol. The first-order valence-corrected chi connectivity index (χ1v) is 5.27. The van der Waals surface area contributed by atoms with Gasteiger partial charge in [-0.05, 0) is 13.3 Å². The molecule has 1 aliphatic heterocycles. The van der Waals surface area contributed by atoms with Crippen molar-refractivity contribution in [3.63, 3.8) is 0 Å². The smallest absolute Gasteiger partial charge is 0.251 e. The molecule has 1 rings (SSSR count). The number of nitrogens with two attached hydrogens (primary N) is 1. The highest BCUT2D eigenvalue weighted by atomic mass is 16.2. The third-order valence-corrected chi connectivity index (χ3v) is 2.49. The van der Waals surface area contributed by atoms with Crippen LogP contribution in [0, 0.1) is 0 Å². The first-order chi connectivity index (χ1) is 7.41. The molecule has 6 nitrogen and oxygen atoms in total. The molecule has 0 spiro atoms. The number of hydrogen-bond donors (Lipinski definition) is 2. The van der Waals surface area contributed by atoms with E-state index in [9.17, 15) is 14.4 Å². The van der Waals surface area contributed by atoms with E-state index in [1.165, 1.54) is 7.05 Å². The summed E-state index contributed by atoms with van der Waals surface area (Å²) in [5, 5.41) is 2.59. The lowest BCUT2D eigenvalue weighted by Crippen LogP contribution is -2.53. The molecule has 90 valence electrons. The van der Waals surface area contributed by atoms with Crippen LogP contribution >= 0.6 is 0 Å². The van der Waals surface area contributed by atoms with Crippen molar-refractivity contribution < 1.29 is 14.4 Å². The molecule has 0 aromatic rings. The van der Waals surface area contributed by atoms with Gasteiger partial charge in [-0.15, -0.1) is 0 Å². The van der Waals surface area contributed by atoms with E-state index in [1.807, 2.05) is 0 Å². The number of piperidine rings is 1. The van der Waals surface area contributed by atoms with E-state index in [4.69, 9.17) is 5.73 Å². The summed E-state index contributed by atoms with van der Waals surface area (Å²) in [4.78, 5) is 35.3. The van der Waals surface area contributed by atoms with E-state index >= 15 is 0 Å². The number of amides is 3. The zero-order valence-corrected chi connectivity index (χ0v) is 9.53. The summed E-state index contributed by atoms with van der Waals surface area (Å²) in [6, 6.07) is -0.827. The Morgan fingerprint density at radius 1 is 1.62 bits per heavy atom. The third kappa shape index (κ3) is 3.03. The number of rotatable bonds is 3. The van der Waals surface area contributed by atoms with Crippen molar-refractivity contribution in [2.24, 2.45) is 5.73 Å². The highest BCUT2D eigenvalue weighted by Gasteiger charge is 2.32. The van der Waals surface area contributed by atoms with Crippen molar-refractivity contribution in [2.45, 2.75) is 38.3 Å². The minimum Gasteiger partial charge on any atom is -0.344 e. The number of likely N-dealkylation sites (tertiary alicyclic amines) is 1. The van der Waals surface area contributed by atoms with Gasteiger partial charge in [-0.1, -0.05) is 0 Å². The summed E-state index contributed by atoms with van der Waals surface area (Å²) in [5.74, 6) is -0.812. The number of likely N-dealkylation sites (N-methyl/N-ethyl adjacent to an activating group) is 1. The van der Waals surface area contributed by atoms with E-state index in [-0.39, 0.29) is 36.6 Å². The van der Waals surface area contributed by atoms with Crippen molar-refractivity contribution >= 4 is 17.7 Å². The third-order valence-electron chi connectivity index (χ3n) is 2.49. The van der Waals surface area contributed by atoms with Crippen molar-refractivity contribution in [1.29, 1.82) is 0 Å². The molecular formula is C10H17N3O3. The van der Waals surface area contributed by atoms with Gasteiger partial charge in [0.05, 0.1) is 0 Å². The largest absolute Gasteiger partial charge is 0.344 e. The number of hydrogen-bond acceptors (Lipinski definition) is 4. The Morgan fingerprint density at radius 3 is 2.81 bits per heavy atom. The van der Waals surface area contributed by atoms with Crippen LogP contribution in [-0.2, 0) is 14.4 Å². The Bertz CT molecular complexity index is 314. The monoisotopic (exact) mass is 227 g/mol. The second kappa shape index (κ2) is 5.07. The Balaban J connectivity index is 2.52. The number of carbonyl (C=O) groups excluding carboxylic acids is 3. The van der Waals surface area contributed by atoms with E-state index in [0.717, 1.165) is 4.90 Å². The van der Waals surface area contributed by atoms with Crippen LogP contribution < -0.4 is 11.1 Å². The van der Waals surface area contributed by atoms with Crippen LogP contribution in [-0.4, -0.2) is 41.8 Å². The molecule has 6 heteroatoms. The number of nitrogens with one attached hydrogen (secondary N) is 1. The van der Waals surface area contributed by atoms with Gasteiger partial charge in [-0.3, -0.25) is 19.3 Å². The van der Waals surface area contributed by atoms with Gasteiger partial charge >= 0.3 is 0 Å². The molecule has 0 aliphatic carbocycles. The van der Waals surface area contributed by atoms with Gasteiger partial charge in [0.1, 0.15) is 6.04 Å². The lowest BCUT2D eigenvalue weighted by Gasteiger charge is -2.28. The Kier molecular flexibility index (Phi) is 4.00. The highest BCUT2D eigenvalue weighted by molar-refractivity contribution is 6.01. The van der Waals surface area contributed by atoms with Crippen LogP contribution in [0.2, 0.25) is 0 Å². The van der Waals surface area contributed by atoms with E-state index < -0.39 is 6.04 Å². The Hall–Kier alpha value is -1.43. The predicted octanol–water partition coefficient (Wildman–Crippen LogP) is -1.01. The van der Waals surface area contributed by atoms with Crippen LogP contribution in [0.1, 0.15) is 26.2 Å². The quantitative estimate of drug-likeness (QED) is 0.604. The molecular weight excluding hydrogens is 210 g/mol. The average Bonchev–Trinajstić information content (AvgIpc) is 2.18. The molecule has 1 heterocycles. The molecule has 0 aromatic heterocycles. The van der Waals surface area contributed by atoms with Crippen LogP contribution in [0.5, 0.6) is 0 Å². The van der Waals surface area contributed by atoms with Crippen LogP contribution in [0.4, 0.5) is 0 Å². The molecule has 1 saturated heterocycles. The van der Waals surface area contributed by atoms with Gasteiger partial charge in [0.15, 0.2) is 0 Å². The Labute approximate surface area is 94.2 Å². The fraction of sp³-hybridized carbons (Fsp3) is 0.700. The maximum atomic E-state index is 11.6. The fourth-order valence-corrected chi connectivity index (χ4v) is 1.60. The molecule has 2 atom stereocenters. The van der Waals surface area contributed by atoms with Crippen molar-refractivity contribution in [3.05, 3.63) is 0 Å². The van der Waals surface area contributed by atoms with Crippen LogP contribution in [0.25, 0.3) is 0 Å². The van der Waals surface area contributed by atoms with Crippen molar-refractivity contribution in [2.75, 3.05) is 7.05 Å². The minimum absolute atomic E-state index is 0.182. The molecule has 0 bridgehead atoms. The molecule has 2 unspecified atom stereocenters. The molecule has 1 fully saturated rings. The van der Waals surface area contributed by atoms with Crippen LogP contribution in [0.15, 0.2) is 0 Å². The number of nitrogens with zero attached hydrogens (tertiary/aromatic N) is 1. The molecule has 3 amide bonds. The summed E-state index contributed by atoms with van der Waals surface area (Å²) in [6.45, 7) is 1.72. The zero-order chi connectivity index (χ0) is 12.3. The zero-order valence-electron chi connectivity index (χ0n) is 9.53. The van der Waals surface area contributed by atoms with Gasteiger partial charge < -0.3 is 11.1 Å². The van der Waals surface area contributed by atoms with Gasteiger partial charge in [0.25, 0.3) is 5.91 Å². The molecule has 3 N–H and O–H groups in total. The molecule has 16 heavy (non-hydrogen) atoms. The first kappa shape index (κ1) is 12.6. The van der Waals surface area contributed by atoms with Gasteiger partial charge in [0.2, 0.25) is 11.8 Å². The SMILES string of the molecule is CC(N)CC(=O)NC1CCC(=O)N(C)C1=O. The summed E-state index contributed by atoms with van der Waals surface area (Å²) < 4.78 is 0. The van der Waals surface area contributed by atoms with E-state index in [0.29, 0.717) is 6.42 Å². The van der Waals surface area contributed by atoms with Gasteiger partial charge in [0, 0.05) is 25.9 Å². The molecule has 0 saturated carbocycles. The second-order valence-electron chi connectivity index (χ2n) is 4.13. The first-order valence-electron chi connectivity index (χ1n) is 5.27. The van der Waals surface area contributed by atoms with E-state index in [2.05, 4.69) is 5.32 Å². The normalized spacial score (nSPS) is 23.2. The minimum atomic E-state index is -0.589. The van der Waals surface area contributed by atoms with Gasteiger partial charge in [-0.2, -0.15) is 0 Å². The summed E-state index contributed by atoms with van der Waals surface area (Å²) in [7, 11) is 1.43. The Morgan fingerprint density at radius 2 is 2.25 bits per heavy atom.